The van der Waals surface area contributed by atoms with Crippen molar-refractivity contribution in [2.24, 2.45) is 0 Å². The van der Waals surface area contributed by atoms with Crippen molar-refractivity contribution in [2.45, 2.75) is 19.8 Å². The number of rotatable bonds is 8. The summed E-state index contributed by atoms with van der Waals surface area (Å²) in [6, 6.07) is 7.07. The molecule has 0 bridgehead atoms. The molecule has 128 valence electrons. The normalized spacial score (nSPS) is 10.2. The molecule has 1 aromatic carbocycles. The van der Waals surface area contributed by atoms with Gasteiger partial charge in [0.25, 0.3) is 0 Å². The van der Waals surface area contributed by atoms with Crippen LogP contribution in [0, 0.1) is 0 Å². The third kappa shape index (κ3) is 5.82. The fourth-order valence-corrected chi connectivity index (χ4v) is 2.72. The minimum Gasteiger partial charge on any atom is -0.491 e. The molecule has 0 aliphatic carbocycles. The van der Waals surface area contributed by atoms with Crippen LogP contribution in [0.1, 0.15) is 19.0 Å². The fraction of sp³-hybridized carbons (Fsp3) is 0.312. The van der Waals surface area contributed by atoms with E-state index in [-0.39, 0.29) is 31.3 Å². The highest BCUT2D eigenvalue weighted by Gasteiger charge is 2.11. The first-order valence-electron chi connectivity index (χ1n) is 7.35. The first-order chi connectivity index (χ1) is 11.6. The Balaban J connectivity index is 1.75. The predicted molar refractivity (Wildman–Crippen MR) is 92.6 cm³/mol. The van der Waals surface area contributed by atoms with Gasteiger partial charge in [-0.2, -0.15) is 0 Å². The number of amides is 1. The Labute approximate surface area is 148 Å². The summed E-state index contributed by atoms with van der Waals surface area (Å²) in [6.45, 7) is 2.28. The molecule has 0 aliphatic heterocycles. The van der Waals surface area contributed by atoms with E-state index in [0.717, 1.165) is 0 Å². The molecule has 1 amide bonds. The van der Waals surface area contributed by atoms with Crippen molar-refractivity contribution >= 4 is 39.9 Å². The number of hydrogen-bond acceptors (Lipinski definition) is 6. The molecule has 6 nitrogen and oxygen atoms in total. The average molecular weight is 369 g/mol. The third-order valence-corrected chi connectivity index (χ3v) is 3.97. The van der Waals surface area contributed by atoms with Gasteiger partial charge < -0.3 is 14.8 Å². The van der Waals surface area contributed by atoms with Crippen molar-refractivity contribution in [3.05, 3.63) is 40.4 Å². The molecule has 24 heavy (non-hydrogen) atoms. The van der Waals surface area contributed by atoms with Gasteiger partial charge in [0.05, 0.1) is 36.8 Å². The lowest BCUT2D eigenvalue weighted by Gasteiger charge is -2.07. The molecule has 0 spiro atoms. The number of aromatic nitrogens is 1. The topological polar surface area (TPSA) is 77.5 Å². The summed E-state index contributed by atoms with van der Waals surface area (Å²) in [7, 11) is 0. The largest absolute Gasteiger partial charge is 0.491 e. The number of hydrogen-bond donors (Lipinski definition) is 1. The second kappa shape index (κ2) is 9.24. The van der Waals surface area contributed by atoms with Crippen LogP contribution in [0.15, 0.2) is 29.6 Å². The van der Waals surface area contributed by atoms with E-state index in [1.54, 1.807) is 30.5 Å². The first-order valence-corrected chi connectivity index (χ1v) is 8.61. The number of anilines is 1. The number of carbonyl (C=O) groups is 2. The summed E-state index contributed by atoms with van der Waals surface area (Å²) in [6.07, 6.45) is 0.258. The van der Waals surface area contributed by atoms with Gasteiger partial charge in [0, 0.05) is 5.38 Å². The number of halogens is 1. The van der Waals surface area contributed by atoms with Crippen LogP contribution in [0.4, 0.5) is 5.13 Å². The Morgan fingerprint density at radius 1 is 1.33 bits per heavy atom. The van der Waals surface area contributed by atoms with E-state index in [4.69, 9.17) is 21.1 Å². The van der Waals surface area contributed by atoms with Crippen LogP contribution in [0.5, 0.6) is 5.75 Å². The van der Waals surface area contributed by atoms with Gasteiger partial charge in [-0.1, -0.05) is 23.7 Å². The van der Waals surface area contributed by atoms with Crippen LogP contribution < -0.4 is 10.1 Å². The molecule has 1 N–H and O–H groups in total. The Bertz CT molecular complexity index is 705. The summed E-state index contributed by atoms with van der Waals surface area (Å²) >= 11 is 7.22. The molecule has 1 aromatic heterocycles. The second-order valence-electron chi connectivity index (χ2n) is 4.70. The van der Waals surface area contributed by atoms with E-state index in [1.165, 1.54) is 11.3 Å². The summed E-state index contributed by atoms with van der Waals surface area (Å²) in [5.41, 5.74) is 0.570. The summed E-state index contributed by atoms with van der Waals surface area (Å²) in [5, 5.41) is 5.33. The zero-order valence-electron chi connectivity index (χ0n) is 13.1. The van der Waals surface area contributed by atoms with Gasteiger partial charge in [-0.3, -0.25) is 9.59 Å². The van der Waals surface area contributed by atoms with Crippen LogP contribution >= 0.6 is 22.9 Å². The second-order valence-corrected chi connectivity index (χ2v) is 5.97. The van der Waals surface area contributed by atoms with Gasteiger partial charge in [-0.25, -0.2) is 4.98 Å². The van der Waals surface area contributed by atoms with Gasteiger partial charge in [-0.15, -0.1) is 11.3 Å². The number of ether oxygens (including phenoxy) is 2. The monoisotopic (exact) mass is 368 g/mol. The molecule has 0 atom stereocenters. The van der Waals surface area contributed by atoms with Crippen molar-refractivity contribution in [1.29, 1.82) is 0 Å². The number of para-hydroxylation sites is 1. The minimum atomic E-state index is -0.339. The Hall–Kier alpha value is -2.12. The molecule has 0 fully saturated rings. The average Bonchev–Trinajstić information content (AvgIpc) is 2.96. The van der Waals surface area contributed by atoms with Crippen molar-refractivity contribution < 1.29 is 19.1 Å². The van der Waals surface area contributed by atoms with Crippen LogP contribution in [0.25, 0.3) is 0 Å². The molecule has 2 aromatic rings. The van der Waals surface area contributed by atoms with E-state index in [1.807, 2.05) is 6.07 Å². The van der Waals surface area contributed by atoms with Crippen molar-refractivity contribution in [3.8, 4) is 5.75 Å². The summed E-state index contributed by atoms with van der Waals surface area (Å²) in [5.74, 6) is -0.0224. The van der Waals surface area contributed by atoms with Gasteiger partial charge in [0.1, 0.15) is 5.75 Å². The Morgan fingerprint density at radius 3 is 2.88 bits per heavy atom. The predicted octanol–water partition coefficient (Wildman–Crippen LogP) is 3.31. The highest BCUT2D eigenvalue weighted by molar-refractivity contribution is 7.13. The standard InChI is InChI=1S/C16H17ClN2O4S/c1-2-22-15(21)9-11-10-24-16(18-11)19-14(20)7-8-23-13-6-4-3-5-12(13)17/h3-6,10H,2,7-9H2,1H3,(H,18,19,20). The lowest BCUT2D eigenvalue weighted by atomic mass is 10.3. The quantitative estimate of drug-likeness (QED) is 0.723. The molecule has 0 unspecified atom stereocenters. The van der Waals surface area contributed by atoms with Crippen LogP contribution in [-0.4, -0.2) is 30.1 Å². The van der Waals surface area contributed by atoms with E-state index >= 15 is 0 Å². The number of thiazole rings is 1. The number of nitrogens with one attached hydrogen (secondary N) is 1. The van der Waals surface area contributed by atoms with Crippen molar-refractivity contribution in [2.75, 3.05) is 18.5 Å². The van der Waals surface area contributed by atoms with E-state index in [0.29, 0.717) is 28.2 Å². The third-order valence-electron chi connectivity index (χ3n) is 2.85. The molecular formula is C16H17ClN2O4S. The highest BCUT2D eigenvalue weighted by atomic mass is 35.5. The highest BCUT2D eigenvalue weighted by Crippen LogP contribution is 2.23. The maximum absolute atomic E-state index is 11.9. The maximum Gasteiger partial charge on any atom is 0.311 e. The van der Waals surface area contributed by atoms with E-state index in [2.05, 4.69) is 10.3 Å². The molecule has 0 aliphatic rings. The Kier molecular flexibility index (Phi) is 7.02. The zero-order chi connectivity index (χ0) is 17.4. The van der Waals surface area contributed by atoms with Crippen molar-refractivity contribution in [1.82, 2.24) is 4.98 Å². The van der Waals surface area contributed by atoms with Gasteiger partial charge in [0.15, 0.2) is 5.13 Å². The van der Waals surface area contributed by atoms with Crippen LogP contribution in [0.3, 0.4) is 0 Å². The van der Waals surface area contributed by atoms with E-state index < -0.39 is 0 Å². The maximum atomic E-state index is 11.9. The van der Waals surface area contributed by atoms with Gasteiger partial charge in [0.2, 0.25) is 5.91 Å². The van der Waals surface area contributed by atoms with Crippen LogP contribution in [-0.2, 0) is 20.7 Å². The van der Waals surface area contributed by atoms with Gasteiger partial charge in [-0.05, 0) is 19.1 Å². The molecule has 0 saturated carbocycles. The number of nitrogens with zero attached hydrogens (tertiary/aromatic N) is 1. The Morgan fingerprint density at radius 2 is 2.12 bits per heavy atom. The summed E-state index contributed by atoms with van der Waals surface area (Å²) in [4.78, 5) is 27.4. The minimum absolute atomic E-state index is 0.0931. The molecule has 2 rings (SSSR count). The number of esters is 1. The summed E-state index contributed by atoms with van der Waals surface area (Å²) < 4.78 is 10.3. The smallest absolute Gasteiger partial charge is 0.311 e. The number of carbonyl (C=O) groups excluding carboxylic acids is 2. The molecule has 1 heterocycles. The van der Waals surface area contributed by atoms with Crippen LogP contribution in [0.2, 0.25) is 5.02 Å². The SMILES string of the molecule is CCOC(=O)Cc1csc(NC(=O)CCOc2ccccc2Cl)n1. The lowest BCUT2D eigenvalue weighted by Crippen LogP contribution is -2.15. The molecule has 0 radical (unpaired) electrons. The van der Waals surface area contributed by atoms with E-state index in [9.17, 15) is 9.59 Å². The van der Waals surface area contributed by atoms with Gasteiger partial charge >= 0.3 is 5.97 Å². The lowest BCUT2D eigenvalue weighted by molar-refractivity contribution is -0.142. The molecular weight excluding hydrogens is 352 g/mol. The zero-order valence-corrected chi connectivity index (χ0v) is 14.7. The number of benzene rings is 1. The fourth-order valence-electron chi connectivity index (χ4n) is 1.80. The molecule has 8 heteroatoms. The first kappa shape index (κ1) is 18.2. The molecule has 0 saturated heterocycles. The van der Waals surface area contributed by atoms with Crippen molar-refractivity contribution in [3.63, 3.8) is 0 Å².